The first-order valence-corrected chi connectivity index (χ1v) is 4.36. The van der Waals surface area contributed by atoms with E-state index < -0.39 is 0 Å². The molecule has 1 unspecified atom stereocenters. The molecule has 0 aliphatic rings. The molecule has 1 rings (SSSR count). The number of nitrogens with two attached hydrogens (primary N) is 1. The Morgan fingerprint density at radius 1 is 1.58 bits per heavy atom. The van der Waals surface area contributed by atoms with Crippen LogP contribution in [0.1, 0.15) is 24.7 Å². The van der Waals surface area contributed by atoms with Crippen LogP contribution in [-0.2, 0) is 6.54 Å². The zero-order chi connectivity index (χ0) is 9.14. The van der Waals surface area contributed by atoms with Gasteiger partial charge < -0.3 is 5.73 Å². The van der Waals surface area contributed by atoms with Gasteiger partial charge in [-0.1, -0.05) is 0 Å². The molecule has 12 heavy (non-hydrogen) atoms. The van der Waals surface area contributed by atoms with E-state index in [0.29, 0.717) is 0 Å². The van der Waals surface area contributed by atoms with Crippen molar-refractivity contribution in [3.05, 3.63) is 17.5 Å². The molecule has 3 nitrogen and oxygen atoms in total. The topological polar surface area (TPSA) is 43.8 Å². The van der Waals surface area contributed by atoms with E-state index in [9.17, 15) is 0 Å². The smallest absolute Gasteiger partial charge is 0.0596 e. The van der Waals surface area contributed by atoms with Crippen molar-refractivity contribution in [3.8, 4) is 0 Å². The molecule has 0 saturated heterocycles. The van der Waals surface area contributed by atoms with Gasteiger partial charge in [-0.3, -0.25) is 4.68 Å². The van der Waals surface area contributed by atoms with Gasteiger partial charge in [-0.25, -0.2) is 0 Å². The highest BCUT2D eigenvalue weighted by atomic mass is 15.3. The summed E-state index contributed by atoms with van der Waals surface area (Å²) >= 11 is 0. The molecule has 0 bridgehead atoms. The molecule has 0 aliphatic carbocycles. The molecule has 1 atom stereocenters. The second-order valence-corrected chi connectivity index (χ2v) is 3.42. The number of rotatable bonds is 3. The summed E-state index contributed by atoms with van der Waals surface area (Å²) in [5.74, 6) is 0. The Morgan fingerprint density at radius 3 is 2.67 bits per heavy atom. The lowest BCUT2D eigenvalue weighted by Gasteiger charge is -2.06. The quantitative estimate of drug-likeness (QED) is 0.736. The third-order valence-corrected chi connectivity index (χ3v) is 1.90. The number of hydrogen-bond donors (Lipinski definition) is 1. The standard InChI is InChI=1S/C9H17N3/c1-7(10)4-5-12-9(3)6-8(2)11-12/h6-7H,4-5,10H2,1-3H3. The van der Waals surface area contributed by atoms with Crippen LogP contribution in [0.2, 0.25) is 0 Å². The Morgan fingerprint density at radius 2 is 2.25 bits per heavy atom. The normalized spacial score (nSPS) is 13.3. The summed E-state index contributed by atoms with van der Waals surface area (Å²) in [6, 6.07) is 2.34. The molecular formula is C9H17N3. The number of nitrogens with zero attached hydrogens (tertiary/aromatic N) is 2. The first-order chi connectivity index (χ1) is 5.59. The average molecular weight is 167 g/mol. The van der Waals surface area contributed by atoms with E-state index in [2.05, 4.69) is 18.1 Å². The summed E-state index contributed by atoms with van der Waals surface area (Å²) in [5, 5.41) is 4.34. The third-order valence-electron chi connectivity index (χ3n) is 1.90. The van der Waals surface area contributed by atoms with E-state index in [-0.39, 0.29) is 6.04 Å². The number of aryl methyl sites for hydroxylation is 3. The second kappa shape index (κ2) is 3.72. The molecule has 1 heterocycles. The summed E-state index contributed by atoms with van der Waals surface area (Å²) in [5.41, 5.74) is 7.95. The van der Waals surface area contributed by atoms with E-state index in [0.717, 1.165) is 18.7 Å². The number of hydrogen-bond acceptors (Lipinski definition) is 2. The van der Waals surface area contributed by atoms with E-state index in [1.807, 2.05) is 18.5 Å². The van der Waals surface area contributed by atoms with Gasteiger partial charge in [0.15, 0.2) is 0 Å². The highest BCUT2D eigenvalue weighted by Gasteiger charge is 2.01. The Bertz CT molecular complexity index is 250. The molecule has 0 radical (unpaired) electrons. The molecule has 0 aliphatic heterocycles. The maximum Gasteiger partial charge on any atom is 0.0596 e. The Balaban J connectivity index is 2.57. The minimum absolute atomic E-state index is 0.258. The SMILES string of the molecule is Cc1cc(C)n(CCC(C)N)n1. The fourth-order valence-corrected chi connectivity index (χ4v) is 1.23. The van der Waals surface area contributed by atoms with Crippen LogP contribution in [0.4, 0.5) is 0 Å². The van der Waals surface area contributed by atoms with Crippen LogP contribution < -0.4 is 5.73 Å². The predicted molar refractivity (Wildman–Crippen MR) is 50.0 cm³/mol. The van der Waals surface area contributed by atoms with Gasteiger partial charge in [-0.05, 0) is 33.3 Å². The lowest BCUT2D eigenvalue weighted by molar-refractivity contribution is 0.519. The van der Waals surface area contributed by atoms with Crippen molar-refractivity contribution >= 4 is 0 Å². The summed E-state index contributed by atoms with van der Waals surface area (Å²) in [7, 11) is 0. The van der Waals surface area contributed by atoms with Crippen molar-refractivity contribution in [3.63, 3.8) is 0 Å². The zero-order valence-corrected chi connectivity index (χ0v) is 8.04. The molecule has 1 aromatic rings. The van der Waals surface area contributed by atoms with E-state index in [1.54, 1.807) is 0 Å². The molecule has 0 fully saturated rings. The minimum atomic E-state index is 0.258. The fraction of sp³-hybridized carbons (Fsp3) is 0.667. The Labute approximate surface area is 73.6 Å². The minimum Gasteiger partial charge on any atom is -0.328 e. The van der Waals surface area contributed by atoms with Crippen LogP contribution in [0.25, 0.3) is 0 Å². The highest BCUT2D eigenvalue weighted by molar-refractivity contribution is 5.06. The van der Waals surface area contributed by atoms with Gasteiger partial charge in [0.1, 0.15) is 0 Å². The molecule has 0 saturated carbocycles. The van der Waals surface area contributed by atoms with E-state index in [1.165, 1.54) is 5.69 Å². The van der Waals surface area contributed by atoms with Gasteiger partial charge in [0, 0.05) is 18.3 Å². The predicted octanol–water partition coefficient (Wildman–Crippen LogP) is 1.24. The lowest BCUT2D eigenvalue weighted by atomic mass is 10.2. The Kier molecular flexibility index (Phi) is 2.87. The molecular weight excluding hydrogens is 150 g/mol. The van der Waals surface area contributed by atoms with Crippen molar-refractivity contribution in [2.45, 2.75) is 39.8 Å². The molecule has 1 aromatic heterocycles. The first kappa shape index (κ1) is 9.26. The van der Waals surface area contributed by atoms with Crippen molar-refractivity contribution in [1.82, 2.24) is 9.78 Å². The van der Waals surface area contributed by atoms with Crippen LogP contribution in [0.3, 0.4) is 0 Å². The van der Waals surface area contributed by atoms with E-state index >= 15 is 0 Å². The molecule has 0 amide bonds. The van der Waals surface area contributed by atoms with Crippen LogP contribution >= 0.6 is 0 Å². The second-order valence-electron chi connectivity index (χ2n) is 3.42. The van der Waals surface area contributed by atoms with Gasteiger partial charge in [-0.2, -0.15) is 5.10 Å². The summed E-state index contributed by atoms with van der Waals surface area (Å²) in [4.78, 5) is 0. The molecule has 68 valence electrons. The summed E-state index contributed by atoms with van der Waals surface area (Å²) in [6.45, 7) is 7.03. The first-order valence-electron chi connectivity index (χ1n) is 4.36. The highest BCUT2D eigenvalue weighted by Crippen LogP contribution is 2.03. The maximum absolute atomic E-state index is 5.66. The Hall–Kier alpha value is -0.830. The van der Waals surface area contributed by atoms with Gasteiger partial charge >= 0.3 is 0 Å². The van der Waals surface area contributed by atoms with Crippen LogP contribution in [0.15, 0.2) is 6.07 Å². The van der Waals surface area contributed by atoms with Crippen LogP contribution in [-0.4, -0.2) is 15.8 Å². The average Bonchev–Trinajstić information content (AvgIpc) is 2.26. The van der Waals surface area contributed by atoms with Crippen molar-refractivity contribution in [2.75, 3.05) is 0 Å². The summed E-state index contributed by atoms with van der Waals surface area (Å²) in [6.07, 6.45) is 0.988. The largest absolute Gasteiger partial charge is 0.328 e. The monoisotopic (exact) mass is 167 g/mol. The van der Waals surface area contributed by atoms with Gasteiger partial charge in [0.05, 0.1) is 5.69 Å². The van der Waals surface area contributed by atoms with Gasteiger partial charge in [0.25, 0.3) is 0 Å². The fourth-order valence-electron chi connectivity index (χ4n) is 1.23. The molecule has 2 N–H and O–H groups in total. The van der Waals surface area contributed by atoms with Crippen molar-refractivity contribution in [2.24, 2.45) is 5.73 Å². The summed E-state index contributed by atoms with van der Waals surface area (Å²) < 4.78 is 2.01. The van der Waals surface area contributed by atoms with Gasteiger partial charge in [0.2, 0.25) is 0 Å². The maximum atomic E-state index is 5.66. The molecule has 0 aromatic carbocycles. The van der Waals surface area contributed by atoms with Crippen LogP contribution in [0.5, 0.6) is 0 Å². The zero-order valence-electron chi connectivity index (χ0n) is 8.04. The van der Waals surface area contributed by atoms with Crippen LogP contribution in [0, 0.1) is 13.8 Å². The lowest BCUT2D eigenvalue weighted by Crippen LogP contribution is -2.18. The molecule has 3 heteroatoms. The van der Waals surface area contributed by atoms with Crippen molar-refractivity contribution < 1.29 is 0 Å². The van der Waals surface area contributed by atoms with E-state index in [4.69, 9.17) is 5.73 Å². The van der Waals surface area contributed by atoms with Crippen molar-refractivity contribution in [1.29, 1.82) is 0 Å². The van der Waals surface area contributed by atoms with Gasteiger partial charge in [-0.15, -0.1) is 0 Å². The third kappa shape index (κ3) is 2.34. The molecule has 0 spiro atoms. The number of aromatic nitrogens is 2.